The lowest BCUT2D eigenvalue weighted by Gasteiger charge is -2.06. The Morgan fingerprint density at radius 2 is 2.08 bits per heavy atom. The summed E-state index contributed by atoms with van der Waals surface area (Å²) < 4.78 is 7.44. The predicted octanol–water partition coefficient (Wildman–Crippen LogP) is 3.69. The fraction of sp³-hybridized carbons (Fsp3) is 0.143. The van der Waals surface area contributed by atoms with Gasteiger partial charge in [0.1, 0.15) is 5.76 Å². The van der Waals surface area contributed by atoms with Crippen LogP contribution in [0.25, 0.3) is 22.2 Å². The molecule has 0 spiro atoms. The minimum absolute atomic E-state index is 0.00949. The summed E-state index contributed by atoms with van der Waals surface area (Å²) in [6, 6.07) is 13.8. The number of pyridine rings is 1. The van der Waals surface area contributed by atoms with Gasteiger partial charge in [0.05, 0.1) is 12.7 Å². The maximum atomic E-state index is 12.4. The molecule has 130 valence electrons. The molecule has 0 unspecified atom stereocenters. The number of benzene rings is 1. The zero-order chi connectivity index (χ0) is 17.9. The number of hydrogen-bond acceptors (Lipinski definition) is 3. The van der Waals surface area contributed by atoms with Gasteiger partial charge in [0, 0.05) is 48.6 Å². The minimum atomic E-state index is -0.00949. The molecule has 0 saturated carbocycles. The number of carbonyl (C=O) groups is 1. The molecule has 1 amide bonds. The number of nitrogens with zero attached hydrogens (tertiary/aromatic N) is 2. The van der Waals surface area contributed by atoms with Gasteiger partial charge in [0.2, 0.25) is 5.91 Å². The lowest BCUT2D eigenvalue weighted by molar-refractivity contribution is -0.120. The average Bonchev–Trinajstić information content (AvgIpc) is 3.30. The van der Waals surface area contributed by atoms with Crippen LogP contribution in [0.3, 0.4) is 0 Å². The number of amides is 1. The van der Waals surface area contributed by atoms with Crippen molar-refractivity contribution in [2.75, 3.05) is 0 Å². The molecule has 0 bridgehead atoms. The van der Waals surface area contributed by atoms with E-state index in [2.05, 4.69) is 27.0 Å². The maximum Gasteiger partial charge on any atom is 0.224 e. The van der Waals surface area contributed by atoms with Crippen LogP contribution in [0.5, 0.6) is 0 Å². The highest BCUT2D eigenvalue weighted by Gasteiger charge is 2.10. The number of nitrogens with one attached hydrogen (secondary N) is 1. The van der Waals surface area contributed by atoms with Gasteiger partial charge in [0.15, 0.2) is 0 Å². The normalized spacial score (nSPS) is 11.0. The summed E-state index contributed by atoms with van der Waals surface area (Å²) >= 11 is 0. The van der Waals surface area contributed by atoms with E-state index in [9.17, 15) is 4.79 Å². The van der Waals surface area contributed by atoms with Crippen LogP contribution in [-0.2, 0) is 24.8 Å². The van der Waals surface area contributed by atoms with E-state index in [1.807, 2.05) is 43.6 Å². The van der Waals surface area contributed by atoms with Crippen molar-refractivity contribution in [2.45, 2.75) is 13.0 Å². The fourth-order valence-electron chi connectivity index (χ4n) is 3.16. The largest absolute Gasteiger partial charge is 0.464 e. The fourth-order valence-corrected chi connectivity index (χ4v) is 3.16. The topological polar surface area (TPSA) is 60.1 Å². The zero-order valence-electron chi connectivity index (χ0n) is 14.5. The molecule has 1 N–H and O–H groups in total. The molecule has 1 aromatic carbocycles. The molecule has 0 aliphatic heterocycles. The molecule has 4 aromatic rings. The summed E-state index contributed by atoms with van der Waals surface area (Å²) in [5.41, 5.74) is 4.00. The van der Waals surface area contributed by atoms with Crippen molar-refractivity contribution >= 4 is 16.8 Å². The van der Waals surface area contributed by atoms with E-state index < -0.39 is 0 Å². The Balaban J connectivity index is 1.43. The van der Waals surface area contributed by atoms with Crippen molar-refractivity contribution in [3.8, 4) is 11.3 Å². The van der Waals surface area contributed by atoms with Crippen molar-refractivity contribution in [3.63, 3.8) is 0 Å². The van der Waals surface area contributed by atoms with E-state index in [4.69, 9.17) is 4.42 Å². The molecule has 5 heteroatoms. The summed E-state index contributed by atoms with van der Waals surface area (Å²) in [6.45, 7) is 0.436. The Morgan fingerprint density at radius 1 is 1.19 bits per heavy atom. The van der Waals surface area contributed by atoms with Gasteiger partial charge in [-0.25, -0.2) is 0 Å². The molecule has 4 rings (SSSR count). The van der Waals surface area contributed by atoms with Crippen LogP contribution in [0.2, 0.25) is 0 Å². The molecule has 0 aliphatic rings. The molecule has 0 aliphatic carbocycles. The molecule has 26 heavy (non-hydrogen) atoms. The number of fused-ring (bicyclic) bond motifs is 1. The Bertz CT molecular complexity index is 1050. The van der Waals surface area contributed by atoms with Crippen molar-refractivity contribution in [2.24, 2.45) is 7.05 Å². The third-order valence-corrected chi connectivity index (χ3v) is 4.42. The van der Waals surface area contributed by atoms with Gasteiger partial charge in [-0.1, -0.05) is 18.2 Å². The number of hydrogen-bond donors (Lipinski definition) is 1. The Labute approximate surface area is 151 Å². The van der Waals surface area contributed by atoms with Crippen molar-refractivity contribution in [1.82, 2.24) is 14.9 Å². The van der Waals surface area contributed by atoms with Crippen LogP contribution in [0.1, 0.15) is 11.1 Å². The molecule has 5 nitrogen and oxygen atoms in total. The zero-order valence-corrected chi connectivity index (χ0v) is 14.5. The molecular formula is C21H19N3O2. The van der Waals surface area contributed by atoms with Crippen LogP contribution in [0.4, 0.5) is 0 Å². The van der Waals surface area contributed by atoms with E-state index in [0.29, 0.717) is 13.0 Å². The van der Waals surface area contributed by atoms with Gasteiger partial charge in [-0.2, -0.15) is 0 Å². The standard InChI is InChI=1S/C21H19N3O2/c1-24-14-17(18-5-2-3-6-19(18)24)10-21(25)23-12-15-9-16(13-22-11-15)20-7-4-8-26-20/h2-9,11,13-14H,10,12H2,1H3,(H,23,25). The number of aromatic nitrogens is 2. The maximum absolute atomic E-state index is 12.4. The number of furan rings is 1. The van der Waals surface area contributed by atoms with Gasteiger partial charge >= 0.3 is 0 Å². The Kier molecular flexibility index (Phi) is 4.27. The molecule has 0 atom stereocenters. The first-order chi connectivity index (χ1) is 12.7. The second-order valence-electron chi connectivity index (χ2n) is 6.30. The van der Waals surface area contributed by atoms with E-state index in [1.54, 1.807) is 18.7 Å². The molecule has 0 radical (unpaired) electrons. The monoisotopic (exact) mass is 345 g/mol. The Morgan fingerprint density at radius 3 is 2.92 bits per heavy atom. The van der Waals surface area contributed by atoms with Crippen LogP contribution < -0.4 is 5.32 Å². The first-order valence-electron chi connectivity index (χ1n) is 8.48. The van der Waals surface area contributed by atoms with Crippen LogP contribution in [-0.4, -0.2) is 15.5 Å². The van der Waals surface area contributed by atoms with Crippen molar-refractivity contribution in [3.05, 3.63) is 78.4 Å². The summed E-state index contributed by atoms with van der Waals surface area (Å²) in [5, 5.41) is 4.09. The predicted molar refractivity (Wildman–Crippen MR) is 100 cm³/mol. The average molecular weight is 345 g/mol. The van der Waals surface area contributed by atoms with Gasteiger partial charge in [-0.15, -0.1) is 0 Å². The third kappa shape index (κ3) is 3.24. The first kappa shape index (κ1) is 16.1. The summed E-state index contributed by atoms with van der Waals surface area (Å²) in [6.07, 6.45) is 7.51. The number of para-hydroxylation sites is 1. The Hall–Kier alpha value is -3.34. The van der Waals surface area contributed by atoms with Crippen LogP contribution in [0.15, 0.2) is 71.7 Å². The van der Waals surface area contributed by atoms with E-state index in [0.717, 1.165) is 33.4 Å². The summed E-state index contributed by atoms with van der Waals surface area (Å²) in [4.78, 5) is 16.6. The third-order valence-electron chi connectivity index (χ3n) is 4.42. The van der Waals surface area contributed by atoms with E-state index in [-0.39, 0.29) is 5.91 Å². The quantitative estimate of drug-likeness (QED) is 0.600. The molecule has 3 aromatic heterocycles. The highest BCUT2D eigenvalue weighted by atomic mass is 16.3. The second-order valence-corrected chi connectivity index (χ2v) is 6.30. The summed E-state index contributed by atoms with van der Waals surface area (Å²) in [7, 11) is 2.00. The number of aryl methyl sites for hydroxylation is 1. The van der Waals surface area contributed by atoms with Gasteiger partial charge in [-0.3, -0.25) is 9.78 Å². The lowest BCUT2D eigenvalue weighted by Crippen LogP contribution is -2.24. The van der Waals surface area contributed by atoms with Gasteiger partial charge in [-0.05, 0) is 35.4 Å². The highest BCUT2D eigenvalue weighted by Crippen LogP contribution is 2.21. The molecule has 0 fully saturated rings. The SMILES string of the molecule is Cn1cc(CC(=O)NCc2cncc(-c3ccco3)c2)c2ccccc21. The molecular weight excluding hydrogens is 326 g/mol. The van der Waals surface area contributed by atoms with Gasteiger partial charge in [0.25, 0.3) is 0 Å². The minimum Gasteiger partial charge on any atom is -0.464 e. The molecule has 3 heterocycles. The van der Waals surface area contributed by atoms with E-state index >= 15 is 0 Å². The highest BCUT2D eigenvalue weighted by molar-refractivity contribution is 5.89. The number of rotatable bonds is 5. The lowest BCUT2D eigenvalue weighted by atomic mass is 10.1. The summed E-state index contributed by atoms with van der Waals surface area (Å²) in [5.74, 6) is 0.756. The first-order valence-corrected chi connectivity index (χ1v) is 8.48. The second kappa shape index (κ2) is 6.88. The molecule has 0 saturated heterocycles. The van der Waals surface area contributed by atoms with Gasteiger partial charge < -0.3 is 14.3 Å². The van der Waals surface area contributed by atoms with Crippen LogP contribution >= 0.6 is 0 Å². The van der Waals surface area contributed by atoms with E-state index in [1.165, 1.54) is 0 Å². The van der Waals surface area contributed by atoms with Crippen molar-refractivity contribution in [1.29, 1.82) is 0 Å². The van der Waals surface area contributed by atoms with Crippen molar-refractivity contribution < 1.29 is 9.21 Å². The van der Waals surface area contributed by atoms with Crippen LogP contribution in [0, 0.1) is 0 Å². The number of carbonyl (C=O) groups excluding carboxylic acids is 1. The smallest absolute Gasteiger partial charge is 0.224 e.